The number of halogens is 1. The monoisotopic (exact) mass is 287 g/mol. The van der Waals surface area contributed by atoms with E-state index in [1.807, 2.05) is 6.20 Å². The summed E-state index contributed by atoms with van der Waals surface area (Å²) in [7, 11) is 2.12. The summed E-state index contributed by atoms with van der Waals surface area (Å²) >= 11 is 5.22. The van der Waals surface area contributed by atoms with Crippen LogP contribution in [0.1, 0.15) is 12.6 Å². The number of nitrogens with zero attached hydrogens (tertiary/aromatic N) is 3. The van der Waals surface area contributed by atoms with Crippen molar-refractivity contribution in [3.8, 4) is 0 Å². The van der Waals surface area contributed by atoms with Crippen molar-refractivity contribution in [2.24, 2.45) is 0 Å². The fourth-order valence-electron chi connectivity index (χ4n) is 1.62. The fourth-order valence-corrected chi connectivity index (χ4v) is 2.84. The second-order valence-electron chi connectivity index (χ2n) is 3.80. The number of hydrogen-bond acceptors (Lipinski definition) is 3. The molecule has 0 aliphatic heterocycles. The van der Waals surface area contributed by atoms with E-state index in [0.29, 0.717) is 4.83 Å². The minimum Gasteiger partial charge on any atom is -0.299 e. The van der Waals surface area contributed by atoms with E-state index in [-0.39, 0.29) is 0 Å². The molecule has 2 aromatic heterocycles. The van der Waals surface area contributed by atoms with Gasteiger partial charge in [0.15, 0.2) is 4.96 Å². The molecule has 1 atom stereocenters. The highest BCUT2D eigenvalue weighted by molar-refractivity contribution is 9.09. The van der Waals surface area contributed by atoms with Gasteiger partial charge in [0, 0.05) is 35.7 Å². The van der Waals surface area contributed by atoms with Gasteiger partial charge in [-0.15, -0.1) is 11.3 Å². The molecule has 3 nitrogen and oxygen atoms in total. The molecule has 0 aliphatic rings. The van der Waals surface area contributed by atoms with Crippen molar-refractivity contribution in [2.75, 3.05) is 13.6 Å². The van der Waals surface area contributed by atoms with Gasteiger partial charge in [0.25, 0.3) is 0 Å². The van der Waals surface area contributed by atoms with Gasteiger partial charge in [0.2, 0.25) is 0 Å². The quantitative estimate of drug-likeness (QED) is 0.806. The zero-order chi connectivity index (χ0) is 10.8. The van der Waals surface area contributed by atoms with Crippen LogP contribution < -0.4 is 0 Å². The third-order valence-electron chi connectivity index (χ3n) is 2.14. The second kappa shape index (κ2) is 4.63. The Balaban J connectivity index is 2.02. The van der Waals surface area contributed by atoms with Crippen LogP contribution in [-0.4, -0.2) is 32.7 Å². The number of alkyl halides is 1. The van der Waals surface area contributed by atoms with Gasteiger partial charge in [-0.3, -0.25) is 9.30 Å². The Morgan fingerprint density at radius 3 is 3.13 bits per heavy atom. The smallest absolute Gasteiger partial charge is 0.193 e. The number of thiazole rings is 1. The van der Waals surface area contributed by atoms with Crippen molar-refractivity contribution in [1.82, 2.24) is 14.3 Å². The van der Waals surface area contributed by atoms with Crippen molar-refractivity contribution in [1.29, 1.82) is 0 Å². The maximum absolute atomic E-state index is 4.54. The molecule has 0 N–H and O–H groups in total. The lowest BCUT2D eigenvalue weighted by atomic mass is 10.4. The molecule has 2 heterocycles. The van der Waals surface area contributed by atoms with Crippen LogP contribution in [-0.2, 0) is 6.54 Å². The summed E-state index contributed by atoms with van der Waals surface area (Å²) in [5.74, 6) is 0. The maximum atomic E-state index is 4.54. The molecule has 0 bridgehead atoms. The van der Waals surface area contributed by atoms with Gasteiger partial charge in [-0.25, -0.2) is 4.98 Å². The lowest BCUT2D eigenvalue weighted by Gasteiger charge is -2.16. The van der Waals surface area contributed by atoms with Gasteiger partial charge >= 0.3 is 0 Å². The third kappa shape index (κ3) is 2.80. The third-order valence-corrected chi connectivity index (χ3v) is 3.20. The Morgan fingerprint density at radius 2 is 2.47 bits per heavy atom. The lowest BCUT2D eigenvalue weighted by Crippen LogP contribution is -2.24. The number of hydrogen-bond donors (Lipinski definition) is 0. The number of fused-ring (bicyclic) bond motifs is 1. The van der Waals surface area contributed by atoms with Crippen LogP contribution in [0.15, 0.2) is 17.8 Å². The van der Waals surface area contributed by atoms with Crippen LogP contribution in [0.3, 0.4) is 0 Å². The molecular formula is C10H14BrN3S. The summed E-state index contributed by atoms with van der Waals surface area (Å²) in [6.07, 6.45) is 4.14. The van der Waals surface area contributed by atoms with Crippen LogP contribution in [0, 0.1) is 0 Å². The topological polar surface area (TPSA) is 20.5 Å². The largest absolute Gasteiger partial charge is 0.299 e. The van der Waals surface area contributed by atoms with E-state index < -0.39 is 0 Å². The molecular weight excluding hydrogens is 274 g/mol. The van der Waals surface area contributed by atoms with E-state index in [1.54, 1.807) is 11.3 Å². The Labute approximate surface area is 102 Å². The Kier molecular flexibility index (Phi) is 3.43. The van der Waals surface area contributed by atoms with E-state index in [1.165, 1.54) is 0 Å². The molecule has 1 unspecified atom stereocenters. The zero-order valence-corrected chi connectivity index (χ0v) is 11.3. The molecule has 2 aromatic rings. The van der Waals surface area contributed by atoms with Crippen LogP contribution in [0.4, 0.5) is 0 Å². The summed E-state index contributed by atoms with van der Waals surface area (Å²) in [4.78, 5) is 8.41. The fraction of sp³-hybridized carbons (Fsp3) is 0.500. The standard InChI is InChI=1S/C10H14BrN3S/c1-8(11)5-13(2)6-9-7-14-3-4-15-10(14)12-9/h3-4,7-8H,5-6H2,1-2H3. The summed E-state index contributed by atoms with van der Waals surface area (Å²) < 4.78 is 2.07. The lowest BCUT2D eigenvalue weighted by molar-refractivity contribution is 0.329. The molecule has 2 rings (SSSR count). The van der Waals surface area contributed by atoms with Gasteiger partial charge in [-0.05, 0) is 7.05 Å². The molecule has 5 heteroatoms. The molecule has 0 aliphatic carbocycles. The highest BCUT2D eigenvalue weighted by atomic mass is 79.9. The summed E-state index contributed by atoms with van der Waals surface area (Å²) in [5, 5.41) is 2.05. The Morgan fingerprint density at radius 1 is 1.67 bits per heavy atom. The molecule has 0 fully saturated rings. The van der Waals surface area contributed by atoms with Gasteiger partial charge in [0.1, 0.15) is 0 Å². The molecule has 0 radical (unpaired) electrons. The van der Waals surface area contributed by atoms with E-state index in [0.717, 1.165) is 23.7 Å². The van der Waals surface area contributed by atoms with Crippen molar-refractivity contribution >= 4 is 32.2 Å². The van der Waals surface area contributed by atoms with Crippen molar-refractivity contribution < 1.29 is 0 Å². The molecule has 0 saturated carbocycles. The summed E-state index contributed by atoms with van der Waals surface area (Å²) in [5.41, 5.74) is 1.14. The van der Waals surface area contributed by atoms with Gasteiger partial charge in [0.05, 0.1) is 5.69 Å². The second-order valence-corrected chi connectivity index (χ2v) is 6.24. The minimum absolute atomic E-state index is 0.520. The van der Waals surface area contributed by atoms with Gasteiger partial charge < -0.3 is 0 Å². The Bertz CT molecular complexity index is 406. The molecule has 82 valence electrons. The van der Waals surface area contributed by atoms with E-state index in [9.17, 15) is 0 Å². The first kappa shape index (κ1) is 11.1. The van der Waals surface area contributed by atoms with Gasteiger partial charge in [-0.1, -0.05) is 22.9 Å². The first-order valence-electron chi connectivity index (χ1n) is 4.89. The molecule has 0 saturated heterocycles. The molecule has 15 heavy (non-hydrogen) atoms. The first-order valence-corrected chi connectivity index (χ1v) is 6.68. The first-order chi connectivity index (χ1) is 7.15. The molecule has 0 amide bonds. The van der Waals surface area contributed by atoms with Crippen LogP contribution >= 0.6 is 27.3 Å². The average molecular weight is 288 g/mol. The minimum atomic E-state index is 0.520. The molecule has 0 spiro atoms. The maximum Gasteiger partial charge on any atom is 0.193 e. The van der Waals surface area contributed by atoms with E-state index in [2.05, 4.69) is 55.8 Å². The van der Waals surface area contributed by atoms with Crippen LogP contribution in [0.25, 0.3) is 4.96 Å². The summed E-state index contributed by atoms with van der Waals surface area (Å²) in [6, 6.07) is 0. The van der Waals surface area contributed by atoms with Crippen LogP contribution in [0.5, 0.6) is 0 Å². The number of rotatable bonds is 4. The highest BCUT2D eigenvalue weighted by Gasteiger charge is 2.07. The predicted octanol–water partition coefficient (Wildman–Crippen LogP) is 2.61. The number of imidazole rings is 1. The van der Waals surface area contributed by atoms with Crippen LogP contribution in [0.2, 0.25) is 0 Å². The molecule has 0 aromatic carbocycles. The summed E-state index contributed by atoms with van der Waals surface area (Å²) in [6.45, 7) is 4.10. The van der Waals surface area contributed by atoms with E-state index >= 15 is 0 Å². The normalized spacial score (nSPS) is 13.9. The SMILES string of the molecule is CC(Br)CN(C)Cc1cn2ccsc2n1. The highest BCUT2D eigenvalue weighted by Crippen LogP contribution is 2.12. The van der Waals surface area contributed by atoms with Crippen molar-refractivity contribution in [3.05, 3.63) is 23.5 Å². The number of aromatic nitrogens is 2. The van der Waals surface area contributed by atoms with Crippen molar-refractivity contribution in [3.63, 3.8) is 0 Å². The van der Waals surface area contributed by atoms with Crippen molar-refractivity contribution in [2.45, 2.75) is 18.3 Å². The Hall–Kier alpha value is -0.390. The average Bonchev–Trinajstić information content (AvgIpc) is 2.60. The van der Waals surface area contributed by atoms with E-state index in [4.69, 9.17) is 0 Å². The van der Waals surface area contributed by atoms with Gasteiger partial charge in [-0.2, -0.15) is 0 Å². The predicted molar refractivity (Wildman–Crippen MR) is 67.8 cm³/mol. The zero-order valence-electron chi connectivity index (χ0n) is 8.85.